The van der Waals surface area contributed by atoms with Gasteiger partial charge in [0.1, 0.15) is 12.7 Å². The van der Waals surface area contributed by atoms with E-state index < -0.39 is 47.4 Å². The number of ether oxygens (including phenoxy) is 3. The molecule has 0 radical (unpaired) electrons. The lowest BCUT2D eigenvalue weighted by Gasteiger charge is -2.20. The lowest BCUT2D eigenvalue weighted by Crippen LogP contribution is -2.37. The van der Waals surface area contributed by atoms with Crippen LogP contribution in [0.3, 0.4) is 0 Å². The standard InChI is InChI=1S/C18H17FN2O7/c1-10(22)27-14-7-12(9-26-17(24)11-5-3-2-4-6-11)28-16(14)21-8-13(19)15(23)20-18(21)25/h2-6,8,12,14,16H,7,9H2,1H3,(H,20,23,25)/t12-,14-,16+/m0/s1. The molecular formula is C18H17FN2O7. The van der Waals surface area contributed by atoms with E-state index in [9.17, 15) is 23.6 Å². The summed E-state index contributed by atoms with van der Waals surface area (Å²) in [6, 6.07) is 8.31. The molecule has 1 aliphatic heterocycles. The van der Waals surface area contributed by atoms with Gasteiger partial charge in [0.25, 0.3) is 5.56 Å². The zero-order valence-electron chi connectivity index (χ0n) is 14.8. The molecule has 148 valence electrons. The Morgan fingerprint density at radius 2 is 2.00 bits per heavy atom. The molecule has 2 aromatic rings. The van der Waals surface area contributed by atoms with Crippen molar-refractivity contribution in [3.8, 4) is 0 Å². The number of halogens is 1. The van der Waals surface area contributed by atoms with E-state index in [1.54, 1.807) is 30.3 Å². The zero-order chi connectivity index (χ0) is 20.3. The molecule has 28 heavy (non-hydrogen) atoms. The van der Waals surface area contributed by atoms with Crippen molar-refractivity contribution < 1.29 is 28.2 Å². The summed E-state index contributed by atoms with van der Waals surface area (Å²) >= 11 is 0. The molecule has 0 saturated carbocycles. The number of rotatable bonds is 5. The average molecular weight is 392 g/mol. The van der Waals surface area contributed by atoms with Crippen LogP contribution in [0.15, 0.2) is 46.1 Å². The molecule has 2 heterocycles. The first-order valence-corrected chi connectivity index (χ1v) is 8.41. The second kappa shape index (κ2) is 8.17. The Balaban J connectivity index is 1.75. The van der Waals surface area contributed by atoms with Gasteiger partial charge >= 0.3 is 17.6 Å². The third-order valence-electron chi connectivity index (χ3n) is 4.07. The molecule has 1 fully saturated rings. The second-order valence-corrected chi connectivity index (χ2v) is 6.14. The third kappa shape index (κ3) is 4.34. The van der Waals surface area contributed by atoms with Crippen molar-refractivity contribution in [2.24, 2.45) is 0 Å². The van der Waals surface area contributed by atoms with E-state index >= 15 is 0 Å². The van der Waals surface area contributed by atoms with E-state index in [1.165, 1.54) is 6.92 Å². The Labute approximate surface area is 157 Å². The van der Waals surface area contributed by atoms with Crippen LogP contribution in [0.1, 0.15) is 29.9 Å². The van der Waals surface area contributed by atoms with Gasteiger partial charge in [0, 0.05) is 13.3 Å². The number of nitrogens with one attached hydrogen (secondary N) is 1. The monoisotopic (exact) mass is 392 g/mol. The summed E-state index contributed by atoms with van der Waals surface area (Å²) in [6.45, 7) is 1.01. The van der Waals surface area contributed by atoms with E-state index in [0.29, 0.717) is 11.8 Å². The molecule has 1 N–H and O–H groups in total. The largest absolute Gasteiger partial charge is 0.459 e. The third-order valence-corrected chi connectivity index (χ3v) is 4.07. The molecule has 3 atom stereocenters. The Bertz CT molecular complexity index is 985. The summed E-state index contributed by atoms with van der Waals surface area (Å²) in [7, 11) is 0. The van der Waals surface area contributed by atoms with Crippen LogP contribution in [0.5, 0.6) is 0 Å². The van der Waals surface area contributed by atoms with Gasteiger partial charge in [-0.1, -0.05) is 18.2 Å². The molecule has 1 aromatic heterocycles. The first-order chi connectivity index (χ1) is 13.3. The van der Waals surface area contributed by atoms with Crippen molar-refractivity contribution in [3.05, 3.63) is 68.7 Å². The molecule has 1 aliphatic rings. The lowest BCUT2D eigenvalue weighted by molar-refractivity contribution is -0.152. The number of carbonyl (C=O) groups is 2. The van der Waals surface area contributed by atoms with Gasteiger partial charge in [-0.15, -0.1) is 0 Å². The Morgan fingerprint density at radius 1 is 1.29 bits per heavy atom. The van der Waals surface area contributed by atoms with Crippen LogP contribution >= 0.6 is 0 Å². The molecule has 1 saturated heterocycles. The fourth-order valence-corrected chi connectivity index (χ4v) is 2.86. The van der Waals surface area contributed by atoms with Crippen molar-refractivity contribution in [2.45, 2.75) is 31.8 Å². The Kier molecular flexibility index (Phi) is 5.69. The van der Waals surface area contributed by atoms with Gasteiger partial charge in [-0.05, 0) is 12.1 Å². The number of esters is 2. The van der Waals surface area contributed by atoms with Crippen LogP contribution in [0.2, 0.25) is 0 Å². The highest BCUT2D eigenvalue weighted by Gasteiger charge is 2.40. The predicted octanol–water partition coefficient (Wildman–Crippen LogP) is 0.752. The van der Waals surface area contributed by atoms with Crippen LogP contribution in [0.4, 0.5) is 4.39 Å². The second-order valence-electron chi connectivity index (χ2n) is 6.14. The summed E-state index contributed by atoms with van der Waals surface area (Å²) in [5, 5.41) is 0. The number of carbonyl (C=O) groups excluding carboxylic acids is 2. The first kappa shape index (κ1) is 19.5. The molecule has 10 heteroatoms. The maximum Gasteiger partial charge on any atom is 0.338 e. The van der Waals surface area contributed by atoms with Gasteiger partial charge in [0.2, 0.25) is 5.82 Å². The molecular weight excluding hydrogens is 375 g/mol. The summed E-state index contributed by atoms with van der Waals surface area (Å²) in [5.74, 6) is -2.38. The van der Waals surface area contributed by atoms with Gasteiger partial charge in [-0.3, -0.25) is 19.1 Å². The average Bonchev–Trinajstić information content (AvgIpc) is 3.05. The summed E-state index contributed by atoms with van der Waals surface area (Å²) in [4.78, 5) is 48.4. The van der Waals surface area contributed by atoms with Crippen molar-refractivity contribution in [1.82, 2.24) is 9.55 Å². The molecule has 3 rings (SSSR count). The van der Waals surface area contributed by atoms with Crippen LogP contribution in [-0.2, 0) is 19.0 Å². The minimum atomic E-state index is -1.19. The highest BCUT2D eigenvalue weighted by molar-refractivity contribution is 5.89. The van der Waals surface area contributed by atoms with Crippen LogP contribution in [0.25, 0.3) is 0 Å². The fraction of sp³-hybridized carbons (Fsp3) is 0.333. The van der Waals surface area contributed by atoms with Crippen LogP contribution < -0.4 is 11.2 Å². The summed E-state index contributed by atoms with van der Waals surface area (Å²) < 4.78 is 30.4. The Hall–Kier alpha value is -3.27. The topological polar surface area (TPSA) is 117 Å². The van der Waals surface area contributed by atoms with E-state index in [0.717, 1.165) is 4.57 Å². The minimum Gasteiger partial charge on any atom is -0.459 e. The van der Waals surface area contributed by atoms with Gasteiger partial charge in [-0.2, -0.15) is 4.39 Å². The van der Waals surface area contributed by atoms with E-state index in [1.807, 2.05) is 4.98 Å². The van der Waals surface area contributed by atoms with E-state index in [-0.39, 0.29) is 13.0 Å². The number of aromatic nitrogens is 2. The maximum atomic E-state index is 13.6. The van der Waals surface area contributed by atoms with E-state index in [4.69, 9.17) is 14.2 Å². The summed E-state index contributed by atoms with van der Waals surface area (Å²) in [6.07, 6.45) is -2.02. The molecule has 0 unspecified atom stereocenters. The number of nitrogens with zero attached hydrogens (tertiary/aromatic N) is 1. The molecule has 0 amide bonds. The van der Waals surface area contributed by atoms with Crippen molar-refractivity contribution in [1.29, 1.82) is 0 Å². The molecule has 9 nitrogen and oxygen atoms in total. The molecule has 0 spiro atoms. The van der Waals surface area contributed by atoms with Crippen molar-refractivity contribution in [2.75, 3.05) is 6.61 Å². The van der Waals surface area contributed by atoms with Crippen molar-refractivity contribution >= 4 is 11.9 Å². The van der Waals surface area contributed by atoms with Gasteiger partial charge in [-0.25, -0.2) is 9.59 Å². The van der Waals surface area contributed by atoms with Crippen molar-refractivity contribution in [3.63, 3.8) is 0 Å². The SMILES string of the molecule is CC(=O)O[C@H]1C[C@@H](COC(=O)c2ccccc2)O[C@H]1n1cc(F)c(=O)[nH]c1=O. The van der Waals surface area contributed by atoms with Gasteiger partial charge in [0.15, 0.2) is 6.23 Å². The number of aromatic amines is 1. The quantitative estimate of drug-likeness (QED) is 0.747. The van der Waals surface area contributed by atoms with Gasteiger partial charge < -0.3 is 14.2 Å². The fourth-order valence-electron chi connectivity index (χ4n) is 2.86. The number of H-pyrrole nitrogens is 1. The highest BCUT2D eigenvalue weighted by atomic mass is 19.1. The summed E-state index contributed by atoms with van der Waals surface area (Å²) in [5.41, 5.74) is -1.74. The van der Waals surface area contributed by atoms with Gasteiger partial charge in [0.05, 0.1) is 17.9 Å². The number of benzene rings is 1. The predicted molar refractivity (Wildman–Crippen MR) is 92.1 cm³/mol. The first-order valence-electron chi connectivity index (χ1n) is 8.41. The Morgan fingerprint density at radius 3 is 2.68 bits per heavy atom. The zero-order valence-corrected chi connectivity index (χ0v) is 14.8. The molecule has 0 aliphatic carbocycles. The smallest absolute Gasteiger partial charge is 0.338 e. The maximum absolute atomic E-state index is 13.6. The van der Waals surface area contributed by atoms with Crippen LogP contribution in [0, 0.1) is 5.82 Å². The molecule has 1 aromatic carbocycles. The van der Waals surface area contributed by atoms with E-state index in [2.05, 4.69) is 0 Å². The highest BCUT2D eigenvalue weighted by Crippen LogP contribution is 2.30. The lowest BCUT2D eigenvalue weighted by atomic mass is 10.2. The molecule has 0 bridgehead atoms. The number of hydrogen-bond donors (Lipinski definition) is 1. The van der Waals surface area contributed by atoms with Crippen LogP contribution in [-0.4, -0.2) is 40.3 Å². The normalized spacial score (nSPS) is 21.3. The number of hydrogen-bond acceptors (Lipinski definition) is 7. The minimum absolute atomic E-state index is 0.111.